The third-order valence-electron chi connectivity index (χ3n) is 2.41. The number of halogens is 2. The molecule has 0 aliphatic rings. The Morgan fingerprint density at radius 1 is 1.00 bits per heavy atom. The molecule has 3 N–H and O–H groups in total. The van der Waals surface area contributed by atoms with Crippen LogP contribution in [0.5, 0.6) is 0 Å². The zero-order chi connectivity index (χ0) is 13.1. The van der Waals surface area contributed by atoms with Crippen molar-refractivity contribution < 1.29 is 8.78 Å². The molecule has 0 fully saturated rings. The van der Waals surface area contributed by atoms with Gasteiger partial charge in [-0.15, -0.1) is 0 Å². The Morgan fingerprint density at radius 3 is 2.22 bits per heavy atom. The van der Waals surface area contributed by atoms with Crippen molar-refractivity contribution in [2.45, 2.75) is 0 Å². The van der Waals surface area contributed by atoms with Crippen LogP contribution >= 0.6 is 12.2 Å². The largest absolute Gasteiger partial charge is 0.389 e. The van der Waals surface area contributed by atoms with Crippen LogP contribution in [0.2, 0.25) is 0 Å². The highest BCUT2D eigenvalue weighted by Gasteiger charge is 2.11. The first-order valence-electron chi connectivity index (χ1n) is 5.19. The fourth-order valence-electron chi connectivity index (χ4n) is 1.56. The van der Waals surface area contributed by atoms with Gasteiger partial charge in [-0.05, 0) is 24.3 Å². The van der Waals surface area contributed by atoms with Crippen LogP contribution in [0, 0.1) is 11.6 Å². The van der Waals surface area contributed by atoms with Crippen LogP contribution in [0.15, 0.2) is 42.5 Å². The maximum atomic E-state index is 13.5. The van der Waals surface area contributed by atoms with Gasteiger partial charge in [0.2, 0.25) is 0 Å². The van der Waals surface area contributed by atoms with Gasteiger partial charge in [0, 0.05) is 11.3 Å². The average Bonchev–Trinajstić information content (AvgIpc) is 2.34. The van der Waals surface area contributed by atoms with Gasteiger partial charge in [0.05, 0.1) is 0 Å². The molecule has 2 aromatic rings. The molecule has 0 spiro atoms. The van der Waals surface area contributed by atoms with Crippen LogP contribution in [-0.4, -0.2) is 4.99 Å². The summed E-state index contributed by atoms with van der Waals surface area (Å²) in [5.74, 6) is -1.35. The van der Waals surface area contributed by atoms with E-state index in [0.29, 0.717) is 11.3 Å². The Labute approximate surface area is 108 Å². The summed E-state index contributed by atoms with van der Waals surface area (Å²) in [6, 6.07) is 10.5. The van der Waals surface area contributed by atoms with Gasteiger partial charge in [-0.25, -0.2) is 8.78 Å². The lowest BCUT2D eigenvalue weighted by molar-refractivity contribution is 0.591. The first kappa shape index (κ1) is 12.4. The van der Waals surface area contributed by atoms with Crippen molar-refractivity contribution in [2.75, 3.05) is 5.32 Å². The molecule has 92 valence electrons. The standard InChI is InChI=1S/C13H10F2N2S/c14-9-5-3-6-10(15)12(9)17-11-7-2-1-4-8(11)13(16)18/h1-7,17H,(H2,16,18). The second kappa shape index (κ2) is 5.10. The Kier molecular flexibility index (Phi) is 3.53. The molecule has 0 heterocycles. The van der Waals surface area contributed by atoms with Gasteiger partial charge in [-0.1, -0.05) is 30.4 Å². The normalized spacial score (nSPS) is 10.1. The number of rotatable bonds is 3. The molecule has 2 aromatic carbocycles. The number of para-hydroxylation sites is 2. The van der Waals surface area contributed by atoms with Crippen LogP contribution in [0.25, 0.3) is 0 Å². The minimum atomic E-state index is -0.673. The van der Waals surface area contributed by atoms with Crippen molar-refractivity contribution in [3.05, 3.63) is 59.7 Å². The maximum absolute atomic E-state index is 13.5. The van der Waals surface area contributed by atoms with Crippen LogP contribution in [-0.2, 0) is 0 Å². The van der Waals surface area contributed by atoms with Crippen molar-refractivity contribution in [3.63, 3.8) is 0 Å². The second-order valence-corrected chi connectivity index (χ2v) is 4.07. The molecule has 0 saturated heterocycles. The van der Waals surface area contributed by atoms with Gasteiger partial charge in [-0.3, -0.25) is 0 Å². The van der Waals surface area contributed by atoms with Crippen LogP contribution < -0.4 is 11.1 Å². The average molecular weight is 264 g/mol. The predicted molar refractivity (Wildman–Crippen MR) is 72.0 cm³/mol. The van der Waals surface area contributed by atoms with Gasteiger partial charge >= 0.3 is 0 Å². The SMILES string of the molecule is NC(=S)c1ccccc1Nc1c(F)cccc1F. The molecule has 0 unspecified atom stereocenters. The fourth-order valence-corrected chi connectivity index (χ4v) is 1.74. The van der Waals surface area contributed by atoms with Crippen molar-refractivity contribution >= 4 is 28.6 Å². The number of benzene rings is 2. The Morgan fingerprint density at radius 2 is 1.61 bits per heavy atom. The smallest absolute Gasteiger partial charge is 0.149 e. The molecule has 0 atom stereocenters. The number of hydrogen-bond acceptors (Lipinski definition) is 2. The quantitative estimate of drug-likeness (QED) is 0.835. The van der Waals surface area contributed by atoms with E-state index in [4.69, 9.17) is 18.0 Å². The Hall–Kier alpha value is -2.01. The number of thiocarbonyl (C=S) groups is 1. The maximum Gasteiger partial charge on any atom is 0.149 e. The monoisotopic (exact) mass is 264 g/mol. The summed E-state index contributed by atoms with van der Waals surface area (Å²) in [6.45, 7) is 0. The molecule has 2 rings (SSSR count). The molecule has 0 bridgehead atoms. The van der Waals surface area contributed by atoms with Gasteiger partial charge < -0.3 is 11.1 Å². The number of nitrogens with one attached hydrogen (secondary N) is 1. The van der Waals surface area contributed by atoms with E-state index < -0.39 is 11.6 Å². The summed E-state index contributed by atoms with van der Waals surface area (Å²) in [6.07, 6.45) is 0. The summed E-state index contributed by atoms with van der Waals surface area (Å²) in [4.78, 5) is 0.162. The van der Waals surface area contributed by atoms with Crippen molar-refractivity contribution in [1.29, 1.82) is 0 Å². The van der Waals surface area contributed by atoms with E-state index in [1.165, 1.54) is 18.2 Å². The van der Waals surface area contributed by atoms with E-state index in [1.807, 2.05) is 0 Å². The highest BCUT2D eigenvalue weighted by molar-refractivity contribution is 7.80. The minimum Gasteiger partial charge on any atom is -0.389 e. The van der Waals surface area contributed by atoms with Crippen molar-refractivity contribution in [1.82, 2.24) is 0 Å². The number of nitrogens with two attached hydrogens (primary N) is 1. The highest BCUT2D eigenvalue weighted by atomic mass is 32.1. The van der Waals surface area contributed by atoms with E-state index in [1.54, 1.807) is 24.3 Å². The molecule has 2 nitrogen and oxygen atoms in total. The number of hydrogen-bond donors (Lipinski definition) is 2. The van der Waals surface area contributed by atoms with E-state index >= 15 is 0 Å². The molecule has 0 aliphatic carbocycles. The summed E-state index contributed by atoms with van der Waals surface area (Å²) in [5, 5.41) is 2.67. The van der Waals surface area contributed by atoms with E-state index in [-0.39, 0.29) is 10.7 Å². The summed E-state index contributed by atoms with van der Waals surface area (Å²) in [5.41, 5.74) is 6.33. The lowest BCUT2D eigenvalue weighted by Crippen LogP contribution is -2.12. The van der Waals surface area contributed by atoms with Crippen molar-refractivity contribution in [3.8, 4) is 0 Å². The van der Waals surface area contributed by atoms with Crippen molar-refractivity contribution in [2.24, 2.45) is 5.73 Å². The zero-order valence-corrected chi connectivity index (χ0v) is 10.1. The van der Waals surface area contributed by atoms with Crippen LogP contribution in [0.4, 0.5) is 20.2 Å². The first-order chi connectivity index (χ1) is 8.59. The van der Waals surface area contributed by atoms with Crippen LogP contribution in [0.1, 0.15) is 5.56 Å². The number of anilines is 2. The molecule has 5 heteroatoms. The molecular weight excluding hydrogens is 254 g/mol. The predicted octanol–water partition coefficient (Wildman–Crippen LogP) is 3.34. The summed E-state index contributed by atoms with van der Waals surface area (Å²) < 4.78 is 27.0. The Balaban J connectivity index is 2.43. The second-order valence-electron chi connectivity index (χ2n) is 3.63. The molecule has 0 radical (unpaired) electrons. The third-order valence-corrected chi connectivity index (χ3v) is 2.63. The molecule has 18 heavy (non-hydrogen) atoms. The highest BCUT2D eigenvalue weighted by Crippen LogP contribution is 2.25. The summed E-state index contributed by atoms with van der Waals surface area (Å²) >= 11 is 4.88. The molecule has 0 aliphatic heterocycles. The fraction of sp³-hybridized carbons (Fsp3) is 0. The van der Waals surface area contributed by atoms with Gasteiger partial charge in [-0.2, -0.15) is 0 Å². The Bertz CT molecular complexity index is 579. The first-order valence-corrected chi connectivity index (χ1v) is 5.60. The summed E-state index contributed by atoms with van der Waals surface area (Å²) in [7, 11) is 0. The molecule has 0 aromatic heterocycles. The topological polar surface area (TPSA) is 38.0 Å². The minimum absolute atomic E-state index is 0.162. The van der Waals surface area contributed by atoms with E-state index in [0.717, 1.165) is 0 Å². The van der Waals surface area contributed by atoms with Crippen LogP contribution in [0.3, 0.4) is 0 Å². The lowest BCUT2D eigenvalue weighted by atomic mass is 10.1. The van der Waals surface area contributed by atoms with Gasteiger partial charge in [0.1, 0.15) is 22.3 Å². The van der Waals surface area contributed by atoms with E-state index in [2.05, 4.69) is 5.32 Å². The molecule has 0 saturated carbocycles. The third kappa shape index (κ3) is 2.46. The van der Waals surface area contributed by atoms with Gasteiger partial charge in [0.15, 0.2) is 0 Å². The van der Waals surface area contributed by atoms with E-state index in [9.17, 15) is 8.78 Å². The zero-order valence-electron chi connectivity index (χ0n) is 9.28. The van der Waals surface area contributed by atoms with Gasteiger partial charge in [0.25, 0.3) is 0 Å². The molecular formula is C13H10F2N2S. The lowest BCUT2D eigenvalue weighted by Gasteiger charge is -2.12. The molecule has 0 amide bonds.